The van der Waals surface area contributed by atoms with Crippen molar-refractivity contribution in [3.63, 3.8) is 0 Å². The van der Waals surface area contributed by atoms with Crippen molar-refractivity contribution in [2.45, 2.75) is 132 Å². The highest BCUT2D eigenvalue weighted by Gasteiger charge is 2.27. The first-order chi connectivity index (χ1) is 33.4. The van der Waals surface area contributed by atoms with Crippen LogP contribution in [-0.4, -0.2) is 133 Å². The largest absolute Gasteiger partial charge is 0.415 e. The van der Waals surface area contributed by atoms with Gasteiger partial charge >= 0.3 is 12.2 Å². The van der Waals surface area contributed by atoms with Crippen molar-refractivity contribution in [3.8, 4) is 11.5 Å². The van der Waals surface area contributed by atoms with E-state index in [0.29, 0.717) is 35.4 Å². The molecule has 4 aromatic rings. The van der Waals surface area contributed by atoms with Gasteiger partial charge in [-0.2, -0.15) is 9.97 Å². The number of likely N-dealkylation sites (tertiary alicyclic amines) is 2. The number of ether oxygens (including phenoxy) is 2. The van der Waals surface area contributed by atoms with Gasteiger partial charge in [-0.1, -0.05) is 24.3 Å². The molecule has 384 valence electrons. The summed E-state index contributed by atoms with van der Waals surface area (Å²) in [6.07, 6.45) is 9.68. The summed E-state index contributed by atoms with van der Waals surface area (Å²) in [7, 11) is -3.54. The number of sulfonamides is 1. The van der Waals surface area contributed by atoms with Crippen molar-refractivity contribution in [1.82, 2.24) is 29.7 Å². The molecule has 0 saturated carbocycles. The maximum absolute atomic E-state index is 12.6. The molecule has 0 unspecified atom stereocenters. The third-order valence-corrected chi connectivity index (χ3v) is 13.3. The molecule has 2 atom stereocenters. The van der Waals surface area contributed by atoms with Gasteiger partial charge in [-0.3, -0.25) is 4.31 Å². The lowest BCUT2D eigenvalue weighted by Gasteiger charge is -2.30. The first kappa shape index (κ1) is 54.8. The van der Waals surface area contributed by atoms with Crippen molar-refractivity contribution in [2.75, 3.05) is 88.7 Å². The van der Waals surface area contributed by atoms with E-state index in [9.17, 15) is 18.0 Å². The van der Waals surface area contributed by atoms with Crippen LogP contribution in [0.1, 0.15) is 106 Å². The molecule has 0 aliphatic carbocycles. The predicted molar refractivity (Wildman–Crippen MR) is 283 cm³/mol. The van der Waals surface area contributed by atoms with Crippen molar-refractivity contribution >= 4 is 57.1 Å². The number of rotatable bonds is 21. The highest BCUT2D eigenvalue weighted by atomic mass is 32.2. The number of aromatic nitrogens is 4. The molecule has 2 saturated heterocycles. The van der Waals surface area contributed by atoms with Crippen LogP contribution in [0.2, 0.25) is 0 Å². The summed E-state index contributed by atoms with van der Waals surface area (Å²) in [4.78, 5) is 50.6. The van der Waals surface area contributed by atoms with Crippen LogP contribution in [0.5, 0.6) is 11.5 Å². The molecule has 3 N–H and O–H groups in total. The monoisotopic (exact) mass is 987 g/mol. The van der Waals surface area contributed by atoms with E-state index >= 15 is 0 Å². The number of hydrogen-bond donors (Lipinski definition) is 3. The molecule has 0 bridgehead atoms. The summed E-state index contributed by atoms with van der Waals surface area (Å²) in [5.74, 6) is 3.66. The maximum atomic E-state index is 12.6. The third kappa shape index (κ3) is 16.0. The van der Waals surface area contributed by atoms with E-state index in [-0.39, 0.29) is 36.4 Å². The molecule has 2 aromatic heterocycles. The van der Waals surface area contributed by atoms with E-state index in [0.717, 1.165) is 113 Å². The number of anilines is 6. The minimum atomic E-state index is -3.54. The van der Waals surface area contributed by atoms with Crippen LogP contribution in [0.15, 0.2) is 60.9 Å². The molecule has 0 spiro atoms. The molecule has 2 aliphatic rings. The topological polar surface area (TPSA) is 191 Å². The first-order valence-corrected chi connectivity index (χ1v) is 26.9. The van der Waals surface area contributed by atoms with Crippen molar-refractivity contribution < 1.29 is 27.5 Å². The van der Waals surface area contributed by atoms with E-state index < -0.39 is 10.0 Å². The van der Waals surface area contributed by atoms with Crippen molar-refractivity contribution in [1.29, 1.82) is 0 Å². The Morgan fingerprint density at radius 2 is 1.01 bits per heavy atom. The molecular weight excluding hydrogens is 909 g/mol. The normalized spacial score (nSPS) is 14.4. The minimum Gasteiger partial charge on any atom is -0.410 e. The Kier molecular flexibility index (Phi) is 20.5. The lowest BCUT2D eigenvalue weighted by atomic mass is 10.1. The van der Waals surface area contributed by atoms with Gasteiger partial charge in [0.25, 0.3) is 0 Å². The van der Waals surface area contributed by atoms with Crippen LogP contribution < -0.4 is 39.5 Å². The SMILES string of the molecule is CCN(CC)c1ncc(N(C(C)C)S(C)(=O)=O)c(N[C@H](C)Cc2ccc(OC(=O)N3CCCC3)cc2)n1.CCN(CC)c1ncc(NC(C)C)c(N[C@H](C)Cc2ccc(OC(=O)N3CCCC3)cc2)n1. The summed E-state index contributed by atoms with van der Waals surface area (Å²) < 4.78 is 37.6. The Balaban J connectivity index is 0.000000262. The fourth-order valence-electron chi connectivity index (χ4n) is 8.48. The Morgan fingerprint density at radius 3 is 1.40 bits per heavy atom. The van der Waals surface area contributed by atoms with Gasteiger partial charge < -0.3 is 45.0 Å². The molecule has 2 aliphatic heterocycles. The molecule has 18 nitrogen and oxygen atoms in total. The van der Waals surface area contributed by atoms with Gasteiger partial charge in [-0.25, -0.2) is 28.0 Å². The van der Waals surface area contributed by atoms with Crippen LogP contribution in [0, 0.1) is 0 Å². The quantitative estimate of drug-likeness (QED) is 0.0717. The summed E-state index contributed by atoms with van der Waals surface area (Å²) in [5.41, 5.74) is 3.53. The molecule has 2 amide bonds. The van der Waals surface area contributed by atoms with Gasteiger partial charge in [0, 0.05) is 76.5 Å². The molecule has 70 heavy (non-hydrogen) atoms. The van der Waals surface area contributed by atoms with Gasteiger partial charge in [0.15, 0.2) is 11.6 Å². The Morgan fingerprint density at radius 1 is 0.614 bits per heavy atom. The highest BCUT2D eigenvalue weighted by molar-refractivity contribution is 7.92. The van der Waals surface area contributed by atoms with E-state index in [1.54, 1.807) is 28.1 Å². The van der Waals surface area contributed by atoms with Crippen molar-refractivity contribution in [3.05, 3.63) is 72.1 Å². The van der Waals surface area contributed by atoms with Crippen LogP contribution in [0.4, 0.5) is 44.5 Å². The molecule has 2 fully saturated rings. The van der Waals surface area contributed by atoms with E-state index in [1.165, 1.54) is 10.6 Å². The maximum Gasteiger partial charge on any atom is 0.415 e. The second-order valence-electron chi connectivity index (χ2n) is 18.5. The fraction of sp³-hybridized carbons (Fsp3) is 0.569. The van der Waals surface area contributed by atoms with Gasteiger partial charge in [0.2, 0.25) is 21.9 Å². The number of amides is 2. The van der Waals surface area contributed by atoms with Crippen LogP contribution in [0.25, 0.3) is 0 Å². The molecule has 0 radical (unpaired) electrons. The number of carbonyl (C=O) groups is 2. The average molecular weight is 987 g/mol. The zero-order chi connectivity index (χ0) is 51.0. The van der Waals surface area contributed by atoms with Gasteiger partial charge in [-0.05, 0) is 143 Å². The van der Waals surface area contributed by atoms with Crippen LogP contribution >= 0.6 is 0 Å². The Hall–Kier alpha value is -6.11. The van der Waals surface area contributed by atoms with Crippen LogP contribution in [0.3, 0.4) is 0 Å². The second-order valence-corrected chi connectivity index (χ2v) is 20.4. The smallest absolute Gasteiger partial charge is 0.410 e. The first-order valence-electron chi connectivity index (χ1n) is 25.1. The molecule has 6 rings (SSSR count). The van der Waals surface area contributed by atoms with E-state index in [1.807, 2.05) is 82.1 Å². The average Bonchev–Trinajstić information content (AvgIpc) is 4.07. The third-order valence-electron chi connectivity index (χ3n) is 12.0. The fourth-order valence-corrected chi connectivity index (χ4v) is 9.74. The number of carbonyl (C=O) groups excluding carboxylic acids is 2. The summed E-state index contributed by atoms with van der Waals surface area (Å²) in [5, 5.41) is 10.4. The number of benzene rings is 2. The molecule has 4 heterocycles. The number of nitrogens with zero attached hydrogens (tertiary/aromatic N) is 9. The van der Waals surface area contributed by atoms with Gasteiger partial charge in [0.05, 0.1) is 24.3 Å². The summed E-state index contributed by atoms with van der Waals surface area (Å²) in [6, 6.07) is 15.3. The lowest BCUT2D eigenvalue weighted by molar-refractivity contribution is 0.162. The number of hydrogen-bond acceptors (Lipinski definition) is 15. The summed E-state index contributed by atoms with van der Waals surface area (Å²) in [6.45, 7) is 26.5. The summed E-state index contributed by atoms with van der Waals surface area (Å²) >= 11 is 0. The van der Waals surface area contributed by atoms with E-state index in [4.69, 9.17) is 19.4 Å². The zero-order valence-corrected chi connectivity index (χ0v) is 44.2. The van der Waals surface area contributed by atoms with Gasteiger partial charge in [-0.15, -0.1) is 0 Å². The molecular formula is C51H78N12O6S. The molecule has 2 aromatic carbocycles. The Labute approximate surface area is 417 Å². The van der Waals surface area contributed by atoms with Crippen molar-refractivity contribution in [2.24, 2.45) is 0 Å². The van der Waals surface area contributed by atoms with Gasteiger partial charge in [0.1, 0.15) is 17.2 Å². The van der Waals surface area contributed by atoms with Crippen LogP contribution in [-0.2, 0) is 22.9 Å². The lowest BCUT2D eigenvalue weighted by Crippen LogP contribution is -2.37. The molecule has 19 heteroatoms. The highest BCUT2D eigenvalue weighted by Crippen LogP contribution is 2.31. The standard InChI is InChI=1S/C26H40N6O4S.C25H38N6O2/c1-7-30(8-2)25-27-18-23(32(19(3)4)37(6,34)35)24(29-25)28-20(5)17-21-11-13-22(14-12-21)36-26(33)31-15-9-10-16-31;1-6-30(7-2)24-26-17-22(27-18(3)4)23(29-24)28-19(5)16-20-10-12-21(13-11-20)33-25(32)31-14-8-9-15-31/h11-14,18-20H,7-10,15-17H2,1-6H3,(H,27,28,29);10-13,17-19,27H,6-9,14-16H2,1-5H3,(H,26,28,29)/t20-;19-/m11/s1. The minimum absolute atomic E-state index is 0.0650. The Bertz CT molecular complexity index is 2370. The second kappa shape index (κ2) is 26.2. The predicted octanol–water partition coefficient (Wildman–Crippen LogP) is 8.92. The van der Waals surface area contributed by atoms with E-state index in [2.05, 4.69) is 65.4 Å². The zero-order valence-electron chi connectivity index (χ0n) is 43.4. The number of nitrogens with one attached hydrogen (secondary N) is 3.